The van der Waals surface area contributed by atoms with Gasteiger partial charge < -0.3 is 15.8 Å². The highest BCUT2D eigenvalue weighted by Gasteiger charge is 2.13. The number of aromatic nitrogens is 2. The predicted molar refractivity (Wildman–Crippen MR) is 66.8 cm³/mol. The van der Waals surface area contributed by atoms with Crippen LogP contribution in [0, 0.1) is 17.5 Å². The van der Waals surface area contributed by atoms with Gasteiger partial charge in [0.05, 0.1) is 0 Å². The van der Waals surface area contributed by atoms with E-state index in [1.165, 1.54) is 13.2 Å². The van der Waals surface area contributed by atoms with E-state index in [1.807, 2.05) is 0 Å². The minimum atomic E-state index is -1.08. The van der Waals surface area contributed by atoms with Crippen molar-refractivity contribution in [2.24, 2.45) is 0 Å². The zero-order valence-electron chi connectivity index (χ0n) is 10.5. The van der Waals surface area contributed by atoms with Crippen molar-refractivity contribution < 1.29 is 17.9 Å². The van der Waals surface area contributed by atoms with Gasteiger partial charge in [-0.05, 0) is 0 Å². The molecule has 1 heterocycles. The lowest BCUT2D eigenvalue weighted by Gasteiger charge is -2.10. The highest BCUT2D eigenvalue weighted by molar-refractivity contribution is 5.59. The van der Waals surface area contributed by atoms with Gasteiger partial charge in [0.15, 0.2) is 17.5 Å². The second-order valence-corrected chi connectivity index (χ2v) is 3.90. The smallest absolute Gasteiger partial charge is 0.158 e. The molecule has 1 aromatic heterocycles. The molecule has 5 nitrogen and oxygen atoms in total. The van der Waals surface area contributed by atoms with Crippen LogP contribution < -0.4 is 11.1 Å². The molecule has 2 aromatic rings. The normalized spacial score (nSPS) is 10.6. The second-order valence-electron chi connectivity index (χ2n) is 3.90. The highest BCUT2D eigenvalue weighted by Crippen LogP contribution is 2.24. The molecule has 0 fully saturated rings. The monoisotopic (exact) mass is 284 g/mol. The molecule has 3 N–H and O–H groups in total. The third-order valence-corrected chi connectivity index (χ3v) is 2.33. The van der Waals surface area contributed by atoms with Crippen LogP contribution >= 0.6 is 0 Å². The van der Waals surface area contributed by atoms with Crippen LogP contribution in [0.3, 0.4) is 0 Å². The maximum atomic E-state index is 13.5. The average Bonchev–Trinajstić information content (AvgIpc) is 2.33. The fraction of sp³-hybridized carbons (Fsp3) is 0.167. The average molecular weight is 284 g/mol. The number of nitrogens with two attached hydrogens (primary N) is 1. The Hall–Kier alpha value is -2.35. The van der Waals surface area contributed by atoms with Gasteiger partial charge in [-0.25, -0.2) is 23.1 Å². The minimum Gasteiger partial charge on any atom is -0.384 e. The molecule has 0 radical (unpaired) electrons. The van der Waals surface area contributed by atoms with Gasteiger partial charge in [0.2, 0.25) is 0 Å². The minimum absolute atomic E-state index is 0.0777. The molecule has 0 saturated heterocycles. The molecule has 0 unspecified atom stereocenters. The maximum Gasteiger partial charge on any atom is 0.158 e. The van der Waals surface area contributed by atoms with Crippen molar-refractivity contribution in [3.63, 3.8) is 0 Å². The van der Waals surface area contributed by atoms with Crippen LogP contribution in [0.25, 0.3) is 0 Å². The van der Waals surface area contributed by atoms with Gasteiger partial charge in [-0.15, -0.1) is 0 Å². The number of hydrogen-bond acceptors (Lipinski definition) is 5. The van der Waals surface area contributed by atoms with Gasteiger partial charge in [0.25, 0.3) is 0 Å². The lowest BCUT2D eigenvalue weighted by atomic mass is 10.2. The van der Waals surface area contributed by atoms with Crippen LogP contribution in [0.1, 0.15) is 5.82 Å². The molecular weight excluding hydrogens is 273 g/mol. The Morgan fingerprint density at radius 2 is 1.80 bits per heavy atom. The molecule has 0 atom stereocenters. The summed E-state index contributed by atoms with van der Waals surface area (Å²) in [5.41, 5.74) is 5.03. The van der Waals surface area contributed by atoms with Gasteiger partial charge in [-0.2, -0.15) is 0 Å². The molecule has 0 saturated carbocycles. The van der Waals surface area contributed by atoms with Crippen LogP contribution in [-0.2, 0) is 11.3 Å². The number of benzene rings is 1. The van der Waals surface area contributed by atoms with Crippen LogP contribution in [0.4, 0.5) is 30.5 Å². The SMILES string of the molecule is COCc1nc(N)cc(Nc2c(F)cc(F)cc2F)n1. The number of hydrogen-bond donors (Lipinski definition) is 2. The van der Waals surface area contributed by atoms with Gasteiger partial charge in [-0.1, -0.05) is 0 Å². The summed E-state index contributed by atoms with van der Waals surface area (Å²) in [4.78, 5) is 7.85. The summed E-state index contributed by atoms with van der Waals surface area (Å²) in [5.74, 6) is -2.72. The molecule has 106 valence electrons. The van der Waals surface area contributed by atoms with Crippen LogP contribution in [0.2, 0.25) is 0 Å². The van der Waals surface area contributed by atoms with Crippen LogP contribution in [0.5, 0.6) is 0 Å². The van der Waals surface area contributed by atoms with E-state index in [4.69, 9.17) is 10.5 Å². The van der Waals surface area contributed by atoms with E-state index in [1.54, 1.807) is 0 Å². The Balaban J connectivity index is 2.35. The Kier molecular flexibility index (Phi) is 4.04. The zero-order chi connectivity index (χ0) is 14.7. The first-order chi connectivity index (χ1) is 9.49. The summed E-state index contributed by atoms with van der Waals surface area (Å²) in [7, 11) is 1.44. The van der Waals surface area contributed by atoms with E-state index in [9.17, 15) is 13.2 Å². The van der Waals surface area contributed by atoms with Crippen molar-refractivity contribution >= 4 is 17.3 Å². The quantitative estimate of drug-likeness (QED) is 0.901. The van der Waals surface area contributed by atoms with E-state index in [0.29, 0.717) is 12.1 Å². The summed E-state index contributed by atoms with van der Waals surface area (Å²) in [6, 6.07) is 2.42. The molecule has 20 heavy (non-hydrogen) atoms. The number of methoxy groups -OCH3 is 1. The predicted octanol–water partition coefficient (Wildman–Crippen LogP) is 2.37. The number of halogens is 3. The lowest BCUT2D eigenvalue weighted by molar-refractivity contribution is 0.178. The van der Waals surface area contributed by atoms with Crippen molar-refractivity contribution in [3.05, 3.63) is 41.5 Å². The molecule has 0 aliphatic rings. The van der Waals surface area contributed by atoms with E-state index in [0.717, 1.165) is 0 Å². The second kappa shape index (κ2) is 5.74. The number of nitrogens with zero attached hydrogens (tertiary/aromatic N) is 2. The fourth-order valence-electron chi connectivity index (χ4n) is 1.57. The van der Waals surface area contributed by atoms with Crippen molar-refractivity contribution in [2.75, 3.05) is 18.2 Å². The Bertz CT molecular complexity index is 613. The van der Waals surface area contributed by atoms with E-state index in [-0.39, 0.29) is 24.1 Å². The topological polar surface area (TPSA) is 73.1 Å². The van der Waals surface area contributed by atoms with Gasteiger partial charge in [0.1, 0.15) is 29.7 Å². The number of rotatable bonds is 4. The molecule has 1 aromatic carbocycles. The molecule has 0 spiro atoms. The van der Waals surface area contributed by atoms with Crippen molar-refractivity contribution in [1.82, 2.24) is 9.97 Å². The third kappa shape index (κ3) is 3.15. The zero-order valence-corrected chi connectivity index (χ0v) is 10.5. The first-order valence-electron chi connectivity index (χ1n) is 5.53. The molecule has 2 rings (SSSR count). The maximum absolute atomic E-state index is 13.5. The first-order valence-corrected chi connectivity index (χ1v) is 5.53. The molecular formula is C12H11F3N4O. The highest BCUT2D eigenvalue weighted by atomic mass is 19.1. The van der Waals surface area contributed by atoms with Gasteiger partial charge in [-0.3, -0.25) is 0 Å². The van der Waals surface area contributed by atoms with Crippen LogP contribution in [0.15, 0.2) is 18.2 Å². The fourth-order valence-corrected chi connectivity index (χ4v) is 1.57. The van der Waals surface area contributed by atoms with Crippen molar-refractivity contribution in [2.45, 2.75) is 6.61 Å². The largest absolute Gasteiger partial charge is 0.384 e. The Labute approximate surface area is 112 Å². The van der Waals surface area contributed by atoms with Crippen LogP contribution in [-0.4, -0.2) is 17.1 Å². The number of anilines is 3. The first kappa shape index (κ1) is 14.1. The summed E-state index contributed by atoms with van der Waals surface area (Å²) in [5, 5.41) is 2.40. The molecule has 0 aliphatic heterocycles. The number of nitrogen functional groups attached to an aromatic ring is 1. The van der Waals surface area contributed by atoms with Crippen molar-refractivity contribution in [3.8, 4) is 0 Å². The molecule has 8 heteroatoms. The Morgan fingerprint density at radius 3 is 2.40 bits per heavy atom. The van der Waals surface area contributed by atoms with E-state index < -0.39 is 23.1 Å². The van der Waals surface area contributed by atoms with Gasteiger partial charge in [0, 0.05) is 25.3 Å². The van der Waals surface area contributed by atoms with Gasteiger partial charge >= 0.3 is 0 Å². The number of ether oxygens (including phenoxy) is 1. The summed E-state index contributed by atoms with van der Waals surface area (Å²) < 4.78 is 44.7. The molecule has 0 aliphatic carbocycles. The standard InChI is InChI=1S/C12H11F3N4O/c1-20-5-11-17-9(16)4-10(18-11)19-12-7(14)2-6(13)3-8(12)15/h2-4H,5H2,1H3,(H3,16,17,18,19). The van der Waals surface area contributed by atoms with Crippen molar-refractivity contribution in [1.29, 1.82) is 0 Å². The summed E-state index contributed by atoms with van der Waals surface area (Å²) >= 11 is 0. The van der Waals surface area contributed by atoms with E-state index >= 15 is 0 Å². The number of nitrogens with one attached hydrogen (secondary N) is 1. The summed E-state index contributed by atoms with van der Waals surface area (Å²) in [6.07, 6.45) is 0. The summed E-state index contributed by atoms with van der Waals surface area (Å²) in [6.45, 7) is 0.0914. The lowest BCUT2D eigenvalue weighted by Crippen LogP contribution is -2.06. The molecule has 0 bridgehead atoms. The van der Waals surface area contributed by atoms with E-state index in [2.05, 4.69) is 15.3 Å². The Morgan fingerprint density at radius 1 is 1.15 bits per heavy atom. The molecule has 0 amide bonds. The third-order valence-electron chi connectivity index (χ3n) is 2.33.